The van der Waals surface area contributed by atoms with Crippen molar-refractivity contribution in [1.29, 1.82) is 0 Å². The number of benzene rings is 1. The lowest BCUT2D eigenvalue weighted by molar-refractivity contribution is 0.0695. The van der Waals surface area contributed by atoms with Crippen LogP contribution in [-0.2, 0) is 0 Å². The Bertz CT molecular complexity index is 954. The number of rotatable bonds is 3. The summed E-state index contributed by atoms with van der Waals surface area (Å²) in [5.74, 6) is -2.03. The maximum atomic E-state index is 14.7. The van der Waals surface area contributed by atoms with Crippen molar-refractivity contribution >= 4 is 34.2 Å². The molecule has 25 heavy (non-hydrogen) atoms. The number of carboxylic acid groups (broad SMARTS) is 1. The highest BCUT2D eigenvalue weighted by Gasteiger charge is 2.31. The summed E-state index contributed by atoms with van der Waals surface area (Å²) >= 11 is 6.49. The Morgan fingerprint density at radius 2 is 2.04 bits per heavy atom. The molecule has 1 aromatic heterocycles. The fourth-order valence-corrected chi connectivity index (χ4v) is 3.87. The molecule has 0 spiro atoms. The zero-order valence-electron chi connectivity index (χ0n) is 13.2. The largest absolute Gasteiger partial charge is 0.477 e. The third kappa shape index (κ3) is 2.58. The zero-order valence-corrected chi connectivity index (χ0v) is 14.0. The van der Waals surface area contributed by atoms with Gasteiger partial charge in [0.2, 0.25) is 5.43 Å². The van der Waals surface area contributed by atoms with E-state index in [1.807, 2.05) is 0 Å². The number of carboxylic acids is 1. The molecule has 1 aliphatic carbocycles. The van der Waals surface area contributed by atoms with Crippen molar-refractivity contribution in [2.45, 2.75) is 31.4 Å². The van der Waals surface area contributed by atoms with Gasteiger partial charge < -0.3 is 19.7 Å². The number of nitrogens with zero attached hydrogens (tertiary/aromatic N) is 2. The first-order valence-corrected chi connectivity index (χ1v) is 8.49. The van der Waals surface area contributed by atoms with Crippen LogP contribution in [0.4, 0.5) is 10.1 Å². The lowest BCUT2D eigenvalue weighted by atomic mass is 10.1. The Morgan fingerprint density at radius 1 is 1.32 bits per heavy atom. The van der Waals surface area contributed by atoms with Gasteiger partial charge in [0.25, 0.3) is 0 Å². The number of carbonyl (C=O) groups is 1. The predicted octanol–water partition coefficient (Wildman–Crippen LogP) is 2.40. The number of anilines is 1. The number of β-amino-alcohol motifs (C(OH)–C–C–N with tert-alkyl or cyclic N) is 1. The molecule has 132 valence electrons. The van der Waals surface area contributed by atoms with Gasteiger partial charge in [-0.05, 0) is 25.3 Å². The van der Waals surface area contributed by atoms with Gasteiger partial charge in [-0.2, -0.15) is 0 Å². The van der Waals surface area contributed by atoms with E-state index in [9.17, 15) is 24.2 Å². The molecule has 6 nitrogen and oxygen atoms in total. The highest BCUT2D eigenvalue weighted by Crippen LogP contribution is 2.42. The number of aromatic nitrogens is 1. The summed E-state index contributed by atoms with van der Waals surface area (Å²) < 4.78 is 16.4. The Morgan fingerprint density at radius 3 is 2.60 bits per heavy atom. The standard InChI is InChI=1S/C17H16ClFN2O4/c18-13-14-10(5-12(19)15(13)20-4-3-9(22)6-20)16(23)11(17(24)25)7-21(14)8-1-2-8/h5,7-9,22H,1-4,6H2,(H,24,25)/t9-/m1/s1. The maximum Gasteiger partial charge on any atom is 0.341 e. The van der Waals surface area contributed by atoms with E-state index in [4.69, 9.17) is 11.6 Å². The molecule has 2 N–H and O–H groups in total. The average Bonchev–Trinajstić information content (AvgIpc) is 3.30. The SMILES string of the molecule is O=C(O)c1cn(C2CC2)c2c(Cl)c(N3CC[C@@H](O)C3)c(F)cc2c1=O. The van der Waals surface area contributed by atoms with Gasteiger partial charge in [0, 0.05) is 25.3 Å². The minimum absolute atomic E-state index is 0.0298. The van der Waals surface area contributed by atoms with Crippen LogP contribution in [0.5, 0.6) is 0 Å². The molecule has 1 atom stereocenters. The van der Waals surface area contributed by atoms with Crippen molar-refractivity contribution in [3.8, 4) is 0 Å². The van der Waals surface area contributed by atoms with Crippen molar-refractivity contribution in [3.05, 3.63) is 38.9 Å². The van der Waals surface area contributed by atoms with Crippen molar-refractivity contribution in [2.75, 3.05) is 18.0 Å². The van der Waals surface area contributed by atoms with E-state index in [-0.39, 0.29) is 34.2 Å². The second-order valence-corrected chi connectivity index (χ2v) is 7.00. The third-order valence-corrected chi connectivity index (χ3v) is 5.19. The van der Waals surface area contributed by atoms with Gasteiger partial charge in [-0.1, -0.05) is 11.6 Å². The lowest BCUT2D eigenvalue weighted by Gasteiger charge is -2.22. The zero-order chi connectivity index (χ0) is 17.9. The number of aromatic carboxylic acids is 1. The Balaban J connectivity index is 2.03. The smallest absolute Gasteiger partial charge is 0.341 e. The lowest BCUT2D eigenvalue weighted by Crippen LogP contribution is -2.24. The average molecular weight is 367 g/mol. The van der Waals surface area contributed by atoms with Crippen LogP contribution in [0, 0.1) is 5.82 Å². The van der Waals surface area contributed by atoms with Crippen LogP contribution >= 0.6 is 11.6 Å². The van der Waals surface area contributed by atoms with Gasteiger partial charge in [-0.15, -0.1) is 0 Å². The summed E-state index contributed by atoms with van der Waals surface area (Å²) in [7, 11) is 0. The molecule has 0 amide bonds. The summed E-state index contributed by atoms with van der Waals surface area (Å²) in [6.07, 6.45) is 2.97. The first-order valence-electron chi connectivity index (χ1n) is 8.11. The van der Waals surface area contributed by atoms with Crippen molar-refractivity contribution in [1.82, 2.24) is 4.57 Å². The Labute approximate surface area is 147 Å². The van der Waals surface area contributed by atoms with E-state index >= 15 is 0 Å². The first-order chi connectivity index (χ1) is 11.9. The van der Waals surface area contributed by atoms with Crippen LogP contribution in [0.25, 0.3) is 10.9 Å². The van der Waals surface area contributed by atoms with E-state index < -0.39 is 23.3 Å². The van der Waals surface area contributed by atoms with Crippen LogP contribution in [0.15, 0.2) is 17.1 Å². The molecule has 0 unspecified atom stereocenters. The summed E-state index contributed by atoms with van der Waals surface area (Å²) in [6.45, 7) is 0.729. The fraction of sp³-hybridized carbons (Fsp3) is 0.412. The van der Waals surface area contributed by atoms with Gasteiger partial charge in [-0.3, -0.25) is 4.79 Å². The molecular weight excluding hydrogens is 351 g/mol. The summed E-state index contributed by atoms with van der Waals surface area (Å²) in [5, 5.41) is 19.1. The third-order valence-electron chi connectivity index (χ3n) is 4.83. The van der Waals surface area contributed by atoms with Crippen LogP contribution in [0.3, 0.4) is 0 Å². The number of fused-ring (bicyclic) bond motifs is 1. The highest BCUT2D eigenvalue weighted by atomic mass is 35.5. The number of halogens is 2. The number of pyridine rings is 1. The highest BCUT2D eigenvalue weighted by molar-refractivity contribution is 6.38. The molecule has 0 radical (unpaired) electrons. The molecule has 2 heterocycles. The van der Waals surface area contributed by atoms with Crippen molar-refractivity contribution < 1.29 is 19.4 Å². The number of hydrogen-bond donors (Lipinski definition) is 2. The maximum absolute atomic E-state index is 14.7. The van der Waals surface area contributed by atoms with E-state index in [2.05, 4.69) is 0 Å². The van der Waals surface area contributed by atoms with E-state index in [0.29, 0.717) is 18.5 Å². The molecule has 1 saturated carbocycles. The monoisotopic (exact) mass is 366 g/mol. The Kier molecular flexibility index (Phi) is 3.73. The molecule has 1 saturated heterocycles. The van der Waals surface area contributed by atoms with Crippen LogP contribution in [0.2, 0.25) is 5.02 Å². The van der Waals surface area contributed by atoms with Gasteiger partial charge >= 0.3 is 5.97 Å². The van der Waals surface area contributed by atoms with Crippen LogP contribution in [0.1, 0.15) is 35.7 Å². The quantitative estimate of drug-likeness (QED) is 0.871. The van der Waals surface area contributed by atoms with E-state index in [0.717, 1.165) is 18.9 Å². The Hall–Kier alpha value is -2.12. The molecule has 0 bridgehead atoms. The van der Waals surface area contributed by atoms with Crippen molar-refractivity contribution in [2.24, 2.45) is 0 Å². The van der Waals surface area contributed by atoms with Gasteiger partial charge in [0.1, 0.15) is 11.4 Å². The topological polar surface area (TPSA) is 82.8 Å². The minimum atomic E-state index is -1.34. The van der Waals surface area contributed by atoms with E-state index in [1.165, 1.54) is 6.20 Å². The summed E-state index contributed by atoms with van der Waals surface area (Å²) in [4.78, 5) is 25.5. The first kappa shape index (κ1) is 16.4. The summed E-state index contributed by atoms with van der Waals surface area (Å²) in [6, 6.07) is 1.12. The molecule has 8 heteroatoms. The van der Waals surface area contributed by atoms with Gasteiger partial charge in [0.15, 0.2) is 0 Å². The number of aliphatic hydroxyl groups is 1. The van der Waals surface area contributed by atoms with Gasteiger partial charge in [0.05, 0.1) is 27.7 Å². The van der Waals surface area contributed by atoms with Crippen molar-refractivity contribution in [3.63, 3.8) is 0 Å². The van der Waals surface area contributed by atoms with Crippen LogP contribution in [-0.4, -0.2) is 39.9 Å². The predicted molar refractivity (Wildman–Crippen MR) is 91.2 cm³/mol. The summed E-state index contributed by atoms with van der Waals surface area (Å²) in [5.41, 5.74) is -0.619. The minimum Gasteiger partial charge on any atom is -0.477 e. The molecule has 2 aliphatic rings. The number of hydrogen-bond acceptors (Lipinski definition) is 4. The molecular formula is C17H16ClFN2O4. The molecule has 1 aliphatic heterocycles. The molecule has 2 aromatic rings. The van der Waals surface area contributed by atoms with E-state index in [1.54, 1.807) is 9.47 Å². The molecule has 2 fully saturated rings. The molecule has 4 rings (SSSR count). The normalized spacial score (nSPS) is 20.4. The van der Waals surface area contributed by atoms with Crippen LogP contribution < -0.4 is 10.3 Å². The fourth-order valence-electron chi connectivity index (χ4n) is 3.46. The molecule has 1 aromatic carbocycles. The number of aliphatic hydroxyl groups excluding tert-OH is 1. The van der Waals surface area contributed by atoms with Gasteiger partial charge in [-0.25, -0.2) is 9.18 Å². The second-order valence-electron chi connectivity index (χ2n) is 6.62. The second kappa shape index (κ2) is 5.71.